The molecular formula is C11H16N2. The van der Waals surface area contributed by atoms with Gasteiger partial charge >= 0.3 is 0 Å². The quantitative estimate of drug-likeness (QED) is 0.755. The Morgan fingerprint density at radius 1 is 1.08 bits per heavy atom. The zero-order chi connectivity index (χ0) is 8.93. The molecule has 0 atom stereocenters. The summed E-state index contributed by atoms with van der Waals surface area (Å²) in [6.07, 6.45) is 2.67. The van der Waals surface area contributed by atoms with Crippen LogP contribution in [-0.4, -0.2) is 18.1 Å². The minimum absolute atomic E-state index is 0.959. The van der Waals surface area contributed by atoms with Crippen molar-refractivity contribution in [3.63, 3.8) is 0 Å². The lowest BCUT2D eigenvalue weighted by molar-refractivity contribution is 0.232. The summed E-state index contributed by atoms with van der Waals surface area (Å²) in [6, 6.07) is 10.5. The first-order valence-corrected chi connectivity index (χ1v) is 4.97. The highest BCUT2D eigenvalue weighted by Crippen LogP contribution is 2.05. The summed E-state index contributed by atoms with van der Waals surface area (Å²) < 4.78 is 0. The Bertz CT molecular complexity index is 240. The maximum atomic E-state index is 3.43. The molecule has 2 heteroatoms. The summed E-state index contributed by atoms with van der Waals surface area (Å²) in [5.41, 5.74) is 4.79. The van der Waals surface area contributed by atoms with Gasteiger partial charge in [-0.05, 0) is 18.4 Å². The molecule has 0 aromatic heterocycles. The largest absolute Gasteiger partial charge is 0.251 e. The van der Waals surface area contributed by atoms with E-state index in [4.69, 9.17) is 0 Å². The molecule has 1 N–H and O–H groups in total. The van der Waals surface area contributed by atoms with E-state index < -0.39 is 0 Å². The molecule has 0 saturated carbocycles. The molecule has 0 aliphatic carbocycles. The molecule has 1 aromatic rings. The van der Waals surface area contributed by atoms with Gasteiger partial charge in [0.15, 0.2) is 0 Å². The number of hydrogen-bond acceptors (Lipinski definition) is 2. The van der Waals surface area contributed by atoms with E-state index in [0.29, 0.717) is 0 Å². The Kier molecular flexibility index (Phi) is 2.95. The van der Waals surface area contributed by atoms with Gasteiger partial charge in [-0.3, -0.25) is 5.43 Å². The Morgan fingerprint density at radius 2 is 1.77 bits per heavy atom. The van der Waals surface area contributed by atoms with E-state index in [0.717, 1.165) is 6.54 Å². The summed E-state index contributed by atoms with van der Waals surface area (Å²) in [7, 11) is 0. The van der Waals surface area contributed by atoms with Crippen LogP contribution in [0.1, 0.15) is 18.4 Å². The third kappa shape index (κ3) is 2.54. The highest BCUT2D eigenvalue weighted by atomic mass is 15.5. The van der Waals surface area contributed by atoms with Gasteiger partial charge in [-0.15, -0.1) is 0 Å². The van der Waals surface area contributed by atoms with Gasteiger partial charge in [0.25, 0.3) is 0 Å². The molecule has 1 aliphatic rings. The van der Waals surface area contributed by atoms with Crippen LogP contribution in [-0.2, 0) is 6.54 Å². The van der Waals surface area contributed by atoms with Crippen molar-refractivity contribution in [1.82, 2.24) is 10.4 Å². The van der Waals surface area contributed by atoms with Gasteiger partial charge in [0.05, 0.1) is 0 Å². The molecule has 2 nitrogen and oxygen atoms in total. The summed E-state index contributed by atoms with van der Waals surface area (Å²) in [4.78, 5) is 0. The summed E-state index contributed by atoms with van der Waals surface area (Å²) in [6.45, 7) is 3.36. The van der Waals surface area contributed by atoms with E-state index in [2.05, 4.69) is 40.8 Å². The SMILES string of the molecule is c1ccc(CNN2CCCC2)cc1. The van der Waals surface area contributed by atoms with Crippen LogP contribution in [0.15, 0.2) is 30.3 Å². The van der Waals surface area contributed by atoms with Gasteiger partial charge in [-0.1, -0.05) is 30.3 Å². The van der Waals surface area contributed by atoms with Crippen LogP contribution in [0.4, 0.5) is 0 Å². The monoisotopic (exact) mass is 176 g/mol. The van der Waals surface area contributed by atoms with Crippen LogP contribution in [0.5, 0.6) is 0 Å². The molecule has 0 unspecified atom stereocenters. The van der Waals surface area contributed by atoms with Crippen molar-refractivity contribution in [2.75, 3.05) is 13.1 Å². The van der Waals surface area contributed by atoms with Gasteiger partial charge in [0.2, 0.25) is 0 Å². The third-order valence-corrected chi connectivity index (χ3v) is 2.46. The van der Waals surface area contributed by atoms with E-state index in [-0.39, 0.29) is 0 Å². The second-order valence-corrected chi connectivity index (χ2v) is 3.51. The number of benzene rings is 1. The normalized spacial score (nSPS) is 17.8. The first-order valence-electron chi connectivity index (χ1n) is 4.97. The molecule has 70 valence electrons. The van der Waals surface area contributed by atoms with Gasteiger partial charge < -0.3 is 0 Å². The van der Waals surface area contributed by atoms with Gasteiger partial charge in [0.1, 0.15) is 0 Å². The molecule has 1 heterocycles. The Morgan fingerprint density at radius 3 is 2.46 bits per heavy atom. The molecular weight excluding hydrogens is 160 g/mol. The van der Waals surface area contributed by atoms with Gasteiger partial charge in [0, 0.05) is 19.6 Å². The smallest absolute Gasteiger partial charge is 0.0353 e. The molecule has 13 heavy (non-hydrogen) atoms. The van der Waals surface area contributed by atoms with Crippen molar-refractivity contribution in [3.05, 3.63) is 35.9 Å². The first-order chi connectivity index (χ1) is 6.45. The molecule has 0 bridgehead atoms. The molecule has 1 saturated heterocycles. The van der Waals surface area contributed by atoms with Crippen LogP contribution in [0.25, 0.3) is 0 Å². The van der Waals surface area contributed by atoms with Gasteiger partial charge in [-0.25, -0.2) is 5.01 Å². The number of hydrogen-bond donors (Lipinski definition) is 1. The zero-order valence-corrected chi connectivity index (χ0v) is 7.87. The van der Waals surface area contributed by atoms with Crippen molar-refractivity contribution in [2.24, 2.45) is 0 Å². The molecule has 0 amide bonds. The molecule has 0 radical (unpaired) electrons. The first kappa shape index (κ1) is 8.73. The van der Waals surface area contributed by atoms with E-state index in [1.54, 1.807) is 0 Å². The van der Waals surface area contributed by atoms with Crippen molar-refractivity contribution < 1.29 is 0 Å². The average Bonchev–Trinajstić information content (AvgIpc) is 2.69. The lowest BCUT2D eigenvalue weighted by Gasteiger charge is -2.15. The third-order valence-electron chi connectivity index (χ3n) is 2.46. The number of rotatable bonds is 3. The molecule has 0 spiro atoms. The fraction of sp³-hybridized carbons (Fsp3) is 0.455. The second-order valence-electron chi connectivity index (χ2n) is 3.51. The number of nitrogens with zero attached hydrogens (tertiary/aromatic N) is 1. The minimum Gasteiger partial charge on any atom is -0.251 e. The minimum atomic E-state index is 0.959. The molecule has 2 rings (SSSR count). The molecule has 1 aromatic carbocycles. The Balaban J connectivity index is 1.79. The second kappa shape index (κ2) is 4.40. The highest BCUT2D eigenvalue weighted by molar-refractivity contribution is 5.14. The maximum absolute atomic E-state index is 3.43. The van der Waals surface area contributed by atoms with Crippen molar-refractivity contribution in [2.45, 2.75) is 19.4 Å². The fourth-order valence-corrected chi connectivity index (χ4v) is 1.67. The van der Waals surface area contributed by atoms with Crippen LogP contribution < -0.4 is 5.43 Å². The zero-order valence-electron chi connectivity index (χ0n) is 7.87. The van der Waals surface area contributed by atoms with Crippen molar-refractivity contribution in [3.8, 4) is 0 Å². The number of hydrazine groups is 1. The van der Waals surface area contributed by atoms with Crippen LogP contribution in [0.3, 0.4) is 0 Å². The predicted molar refractivity (Wildman–Crippen MR) is 54.1 cm³/mol. The number of nitrogens with one attached hydrogen (secondary N) is 1. The predicted octanol–water partition coefficient (Wildman–Crippen LogP) is 1.79. The van der Waals surface area contributed by atoms with Crippen LogP contribution in [0.2, 0.25) is 0 Å². The lowest BCUT2D eigenvalue weighted by Crippen LogP contribution is -2.34. The maximum Gasteiger partial charge on any atom is 0.0353 e. The van der Waals surface area contributed by atoms with E-state index in [9.17, 15) is 0 Å². The Hall–Kier alpha value is -0.860. The van der Waals surface area contributed by atoms with Crippen molar-refractivity contribution in [1.29, 1.82) is 0 Å². The van der Waals surface area contributed by atoms with E-state index >= 15 is 0 Å². The molecule has 1 aliphatic heterocycles. The van der Waals surface area contributed by atoms with Crippen molar-refractivity contribution >= 4 is 0 Å². The highest BCUT2D eigenvalue weighted by Gasteiger charge is 2.09. The topological polar surface area (TPSA) is 15.3 Å². The molecule has 1 fully saturated rings. The fourth-order valence-electron chi connectivity index (χ4n) is 1.67. The van der Waals surface area contributed by atoms with E-state index in [1.165, 1.54) is 31.5 Å². The summed E-state index contributed by atoms with van der Waals surface area (Å²) in [5.74, 6) is 0. The van der Waals surface area contributed by atoms with Gasteiger partial charge in [-0.2, -0.15) is 0 Å². The lowest BCUT2D eigenvalue weighted by atomic mass is 10.2. The summed E-state index contributed by atoms with van der Waals surface area (Å²) in [5, 5.41) is 2.31. The van der Waals surface area contributed by atoms with E-state index in [1.807, 2.05) is 0 Å². The average molecular weight is 176 g/mol. The standard InChI is InChI=1S/C11H16N2/c1-2-6-11(7-3-1)10-12-13-8-4-5-9-13/h1-3,6-7,12H,4-5,8-10H2. The summed E-state index contributed by atoms with van der Waals surface area (Å²) >= 11 is 0. The van der Waals surface area contributed by atoms with Crippen LogP contribution in [0, 0.1) is 0 Å². The van der Waals surface area contributed by atoms with Crippen LogP contribution >= 0.6 is 0 Å². The Labute approximate surface area is 79.5 Å².